The summed E-state index contributed by atoms with van der Waals surface area (Å²) in [7, 11) is 0. The van der Waals surface area contributed by atoms with Gasteiger partial charge in [-0.25, -0.2) is 0 Å². The van der Waals surface area contributed by atoms with Gasteiger partial charge in [-0.15, -0.1) is 10.2 Å². The van der Waals surface area contributed by atoms with E-state index in [0.29, 0.717) is 0 Å². The molecule has 1 heterocycles. The molecule has 10 heteroatoms. The zero-order chi connectivity index (χ0) is 10.3. The van der Waals surface area contributed by atoms with Gasteiger partial charge in [-0.05, 0) is 21.1 Å². The normalized spacial score (nSPS) is 13.4. The van der Waals surface area contributed by atoms with Crippen molar-refractivity contribution in [3.05, 3.63) is 4.73 Å². The van der Waals surface area contributed by atoms with E-state index in [1.807, 2.05) is 0 Å². The third kappa shape index (κ3) is 1.76. The zero-order valence-corrected chi connectivity index (χ0v) is 7.14. The van der Waals surface area contributed by atoms with Gasteiger partial charge >= 0.3 is 12.2 Å². The summed E-state index contributed by atoms with van der Waals surface area (Å²) in [5.74, 6) is 0. The van der Waals surface area contributed by atoms with E-state index < -0.39 is 21.8 Å². The standard InChI is InChI=1S/C3BrF5N4/c4-1-10-12-13(11-1)3(8,9)2(5,6)7. The van der Waals surface area contributed by atoms with Crippen molar-refractivity contribution in [1.82, 2.24) is 20.2 Å². The summed E-state index contributed by atoms with van der Waals surface area (Å²) in [6.07, 6.45) is -5.74. The molecule has 0 aliphatic carbocycles. The minimum atomic E-state index is -5.74. The average Bonchev–Trinajstić information content (AvgIpc) is 2.33. The summed E-state index contributed by atoms with van der Waals surface area (Å²) < 4.78 is 59.1. The van der Waals surface area contributed by atoms with E-state index in [2.05, 4.69) is 31.3 Å². The van der Waals surface area contributed by atoms with Crippen LogP contribution in [-0.2, 0) is 6.05 Å². The molecule has 0 unspecified atom stereocenters. The molecule has 1 aromatic rings. The first-order valence-corrected chi connectivity index (χ1v) is 3.45. The minimum Gasteiger partial charge on any atom is -0.169 e. The second-order valence-corrected chi connectivity index (χ2v) is 2.60. The van der Waals surface area contributed by atoms with Crippen molar-refractivity contribution < 1.29 is 22.0 Å². The molecule has 0 saturated carbocycles. The number of tetrazole rings is 1. The van der Waals surface area contributed by atoms with Crippen LogP contribution in [0.25, 0.3) is 0 Å². The fourth-order valence-corrected chi connectivity index (χ4v) is 0.651. The maximum Gasteiger partial charge on any atom is 0.479 e. The number of nitrogens with zero attached hydrogens (tertiary/aromatic N) is 4. The van der Waals surface area contributed by atoms with Crippen LogP contribution in [0.15, 0.2) is 4.73 Å². The highest BCUT2D eigenvalue weighted by Gasteiger charge is 2.61. The van der Waals surface area contributed by atoms with Crippen molar-refractivity contribution in [2.24, 2.45) is 0 Å². The predicted molar refractivity (Wildman–Crippen MR) is 31.8 cm³/mol. The summed E-state index contributed by atoms with van der Waals surface area (Å²) in [6.45, 7) is 0. The first-order valence-electron chi connectivity index (χ1n) is 2.65. The third-order valence-corrected chi connectivity index (χ3v) is 1.30. The van der Waals surface area contributed by atoms with E-state index in [1.165, 1.54) is 0 Å². The Morgan fingerprint density at radius 1 is 1.15 bits per heavy atom. The summed E-state index contributed by atoms with van der Waals surface area (Å²) in [5.41, 5.74) is 0. The zero-order valence-electron chi connectivity index (χ0n) is 5.56. The Bertz CT molecular complexity index is 305. The molecular weight excluding hydrogens is 267 g/mol. The van der Waals surface area contributed by atoms with Gasteiger partial charge < -0.3 is 0 Å². The average molecular weight is 267 g/mol. The topological polar surface area (TPSA) is 43.6 Å². The van der Waals surface area contributed by atoms with Crippen LogP contribution in [0.2, 0.25) is 0 Å². The highest BCUT2D eigenvalue weighted by atomic mass is 79.9. The lowest BCUT2D eigenvalue weighted by Crippen LogP contribution is -2.41. The Morgan fingerprint density at radius 3 is 2.00 bits per heavy atom. The second kappa shape index (κ2) is 2.86. The molecule has 4 nitrogen and oxygen atoms in total. The maximum absolute atomic E-state index is 12.3. The van der Waals surface area contributed by atoms with Crippen molar-refractivity contribution >= 4 is 15.9 Å². The fraction of sp³-hybridized carbons (Fsp3) is 0.667. The van der Waals surface area contributed by atoms with Gasteiger partial charge in [0.05, 0.1) is 0 Å². The van der Waals surface area contributed by atoms with E-state index in [4.69, 9.17) is 0 Å². The molecule has 0 aliphatic heterocycles. The van der Waals surface area contributed by atoms with Gasteiger partial charge in [0, 0.05) is 0 Å². The minimum absolute atomic E-state index is 0.448. The smallest absolute Gasteiger partial charge is 0.169 e. The second-order valence-electron chi connectivity index (χ2n) is 1.89. The number of alkyl halides is 5. The van der Waals surface area contributed by atoms with Gasteiger partial charge in [0.1, 0.15) is 0 Å². The number of hydrogen-bond acceptors (Lipinski definition) is 3. The number of rotatable bonds is 1. The van der Waals surface area contributed by atoms with Crippen LogP contribution >= 0.6 is 15.9 Å². The maximum atomic E-state index is 12.3. The SMILES string of the molecule is FC(F)(F)C(F)(F)n1nnc(Br)n1. The molecule has 74 valence electrons. The molecule has 0 atom stereocenters. The third-order valence-electron chi connectivity index (χ3n) is 0.981. The van der Waals surface area contributed by atoms with Gasteiger partial charge in [-0.3, -0.25) is 0 Å². The number of aromatic nitrogens is 4. The molecule has 0 bridgehead atoms. The van der Waals surface area contributed by atoms with Gasteiger partial charge in [0.25, 0.3) is 0 Å². The Hall–Kier alpha value is -0.800. The molecule has 1 aromatic heterocycles. The lowest BCUT2D eigenvalue weighted by atomic mass is 10.5. The van der Waals surface area contributed by atoms with Crippen LogP contribution in [0.1, 0.15) is 0 Å². The molecule has 1 rings (SSSR count). The molecule has 0 radical (unpaired) electrons. The fourth-order valence-electron chi connectivity index (χ4n) is 0.430. The van der Waals surface area contributed by atoms with Crippen LogP contribution in [0.5, 0.6) is 0 Å². The van der Waals surface area contributed by atoms with E-state index in [-0.39, 0.29) is 0 Å². The predicted octanol–water partition coefficient (Wildman–Crippen LogP) is 1.55. The Balaban J connectivity index is 3.07. The van der Waals surface area contributed by atoms with Crippen molar-refractivity contribution in [3.63, 3.8) is 0 Å². The molecule has 13 heavy (non-hydrogen) atoms. The highest BCUT2D eigenvalue weighted by Crippen LogP contribution is 2.38. The molecule has 0 aromatic carbocycles. The van der Waals surface area contributed by atoms with Gasteiger partial charge in [-0.1, -0.05) is 4.80 Å². The van der Waals surface area contributed by atoms with E-state index in [1.54, 1.807) is 0 Å². The van der Waals surface area contributed by atoms with Crippen molar-refractivity contribution in [2.75, 3.05) is 0 Å². The summed E-state index contributed by atoms with van der Waals surface area (Å²) in [4.78, 5) is -0.808. The van der Waals surface area contributed by atoms with Gasteiger partial charge in [0.15, 0.2) is 0 Å². The van der Waals surface area contributed by atoms with Crippen molar-refractivity contribution in [1.29, 1.82) is 0 Å². The quantitative estimate of drug-likeness (QED) is 0.725. The molecule has 0 spiro atoms. The molecule has 0 N–H and O–H groups in total. The Kier molecular flexibility index (Phi) is 2.26. The van der Waals surface area contributed by atoms with Gasteiger partial charge in [-0.2, -0.15) is 22.0 Å². The van der Waals surface area contributed by atoms with E-state index >= 15 is 0 Å². The number of halogens is 6. The lowest BCUT2D eigenvalue weighted by Gasteiger charge is -2.16. The van der Waals surface area contributed by atoms with Crippen LogP contribution in [0.4, 0.5) is 22.0 Å². The lowest BCUT2D eigenvalue weighted by molar-refractivity contribution is -0.333. The first-order chi connectivity index (χ1) is 5.75. The van der Waals surface area contributed by atoms with Crippen LogP contribution < -0.4 is 0 Å². The van der Waals surface area contributed by atoms with E-state index in [9.17, 15) is 22.0 Å². The highest BCUT2D eigenvalue weighted by molar-refractivity contribution is 9.10. The molecule has 0 aliphatic rings. The summed E-state index contributed by atoms with van der Waals surface area (Å²) in [6, 6.07) is -5.15. The van der Waals surface area contributed by atoms with E-state index in [0.717, 1.165) is 0 Å². The number of hydrogen-bond donors (Lipinski definition) is 0. The van der Waals surface area contributed by atoms with Crippen LogP contribution in [-0.4, -0.2) is 26.4 Å². The molecule has 0 fully saturated rings. The Labute approximate surface area is 75.8 Å². The van der Waals surface area contributed by atoms with Crippen molar-refractivity contribution in [2.45, 2.75) is 12.2 Å². The first kappa shape index (κ1) is 10.3. The van der Waals surface area contributed by atoms with Crippen LogP contribution in [0, 0.1) is 0 Å². The largest absolute Gasteiger partial charge is 0.479 e. The van der Waals surface area contributed by atoms with Crippen LogP contribution in [0.3, 0.4) is 0 Å². The Morgan fingerprint density at radius 2 is 1.69 bits per heavy atom. The molecule has 0 saturated heterocycles. The summed E-state index contributed by atoms with van der Waals surface area (Å²) in [5, 5.41) is 8.02. The van der Waals surface area contributed by atoms with Gasteiger partial charge in [0.2, 0.25) is 4.73 Å². The summed E-state index contributed by atoms with van der Waals surface area (Å²) >= 11 is 2.49. The molecule has 0 amide bonds. The monoisotopic (exact) mass is 266 g/mol. The molecular formula is C3BrF5N4. The van der Waals surface area contributed by atoms with Crippen molar-refractivity contribution in [3.8, 4) is 0 Å².